The molecule has 174 valence electrons. The first-order chi connectivity index (χ1) is 15.4. The molecule has 2 amide bonds. The van der Waals surface area contributed by atoms with Crippen molar-refractivity contribution >= 4 is 29.4 Å². The van der Waals surface area contributed by atoms with Crippen LogP contribution in [0.4, 0.5) is 0 Å². The molecule has 1 aliphatic carbocycles. The molecule has 1 atom stereocenters. The molecule has 1 aromatic rings. The van der Waals surface area contributed by atoms with Gasteiger partial charge in [0.15, 0.2) is 0 Å². The van der Waals surface area contributed by atoms with E-state index in [0.29, 0.717) is 43.1 Å². The lowest BCUT2D eigenvalue weighted by atomic mass is 9.89. The molecule has 0 unspecified atom stereocenters. The van der Waals surface area contributed by atoms with Gasteiger partial charge in [0.05, 0.1) is 19.1 Å². The van der Waals surface area contributed by atoms with Gasteiger partial charge < -0.3 is 14.4 Å². The van der Waals surface area contributed by atoms with Crippen molar-refractivity contribution in [3.05, 3.63) is 34.9 Å². The van der Waals surface area contributed by atoms with E-state index >= 15 is 0 Å². The zero-order valence-electron chi connectivity index (χ0n) is 18.6. The molecule has 3 fully saturated rings. The number of carbonyl (C=O) groups is 3. The van der Waals surface area contributed by atoms with Crippen LogP contribution < -0.4 is 0 Å². The number of ether oxygens (including phenoxy) is 2. The lowest BCUT2D eigenvalue weighted by Crippen LogP contribution is -2.57. The summed E-state index contributed by atoms with van der Waals surface area (Å²) in [4.78, 5) is 42.7. The molecule has 0 radical (unpaired) electrons. The Morgan fingerprint density at radius 2 is 1.88 bits per heavy atom. The van der Waals surface area contributed by atoms with E-state index in [1.54, 1.807) is 41.0 Å². The highest BCUT2D eigenvalue weighted by Crippen LogP contribution is 2.42. The number of halogens is 1. The number of rotatable bonds is 4. The van der Waals surface area contributed by atoms with Gasteiger partial charge in [-0.05, 0) is 63.6 Å². The quantitative estimate of drug-likeness (QED) is 0.638. The van der Waals surface area contributed by atoms with Crippen LogP contribution in [0.2, 0.25) is 5.02 Å². The predicted octanol–water partition coefficient (Wildman–Crippen LogP) is 3.64. The van der Waals surface area contributed by atoms with E-state index in [4.69, 9.17) is 21.1 Å². The normalized spacial score (nSPS) is 23.4. The SMILES string of the molecule is CCOC(=O)C1CCN(C(=O)[C@@H]2COC3(CCCCC3)N2C(=O)c2cccc(Cl)c2)CC1. The maximum atomic E-state index is 13.6. The Balaban J connectivity index is 1.53. The van der Waals surface area contributed by atoms with E-state index < -0.39 is 11.8 Å². The Morgan fingerprint density at radius 1 is 1.16 bits per heavy atom. The first kappa shape index (κ1) is 23.1. The van der Waals surface area contributed by atoms with Crippen molar-refractivity contribution in [2.75, 3.05) is 26.3 Å². The Kier molecular flexibility index (Phi) is 7.05. The Labute approximate surface area is 194 Å². The summed E-state index contributed by atoms with van der Waals surface area (Å²) >= 11 is 6.14. The summed E-state index contributed by atoms with van der Waals surface area (Å²) in [5.74, 6) is -0.688. The zero-order valence-corrected chi connectivity index (χ0v) is 19.3. The van der Waals surface area contributed by atoms with Gasteiger partial charge in [0, 0.05) is 23.7 Å². The van der Waals surface area contributed by atoms with Crippen molar-refractivity contribution in [2.45, 2.75) is 63.6 Å². The van der Waals surface area contributed by atoms with Gasteiger partial charge in [0.25, 0.3) is 5.91 Å². The van der Waals surface area contributed by atoms with E-state index in [-0.39, 0.29) is 30.3 Å². The molecule has 32 heavy (non-hydrogen) atoms. The molecule has 1 aromatic carbocycles. The number of likely N-dealkylation sites (tertiary alicyclic amines) is 1. The molecule has 8 heteroatoms. The standard InChI is InChI=1S/C24H31ClN2O5/c1-2-31-23(30)17-9-13-26(14-10-17)22(29)20-16-32-24(11-4-3-5-12-24)27(20)21(28)18-7-6-8-19(25)15-18/h6-8,15,17,20H,2-5,9-14,16H2,1H3/t20-/m0/s1. The molecule has 4 rings (SSSR count). The van der Waals surface area contributed by atoms with Gasteiger partial charge in [0.1, 0.15) is 11.8 Å². The van der Waals surface area contributed by atoms with Crippen molar-refractivity contribution in [1.82, 2.24) is 9.80 Å². The van der Waals surface area contributed by atoms with E-state index in [1.165, 1.54) is 0 Å². The van der Waals surface area contributed by atoms with Gasteiger partial charge in [-0.1, -0.05) is 24.1 Å². The van der Waals surface area contributed by atoms with Crippen LogP contribution in [-0.4, -0.2) is 65.7 Å². The fraction of sp³-hybridized carbons (Fsp3) is 0.625. The van der Waals surface area contributed by atoms with Crippen LogP contribution in [-0.2, 0) is 19.1 Å². The molecule has 2 saturated heterocycles. The van der Waals surface area contributed by atoms with Crippen LogP contribution in [0.5, 0.6) is 0 Å². The smallest absolute Gasteiger partial charge is 0.309 e. The van der Waals surface area contributed by atoms with Crippen LogP contribution in [0.15, 0.2) is 24.3 Å². The number of benzene rings is 1. The third kappa shape index (κ3) is 4.50. The second-order valence-electron chi connectivity index (χ2n) is 8.87. The molecule has 3 aliphatic rings. The van der Waals surface area contributed by atoms with Gasteiger partial charge in [-0.15, -0.1) is 0 Å². The minimum absolute atomic E-state index is 0.106. The van der Waals surface area contributed by atoms with Crippen molar-refractivity contribution in [1.29, 1.82) is 0 Å². The van der Waals surface area contributed by atoms with Crippen LogP contribution in [0.3, 0.4) is 0 Å². The first-order valence-corrected chi connectivity index (χ1v) is 12.0. The van der Waals surface area contributed by atoms with Gasteiger partial charge in [-0.25, -0.2) is 0 Å². The summed E-state index contributed by atoms with van der Waals surface area (Å²) in [6, 6.07) is 6.18. The summed E-state index contributed by atoms with van der Waals surface area (Å²) in [7, 11) is 0. The van der Waals surface area contributed by atoms with Crippen molar-refractivity contribution in [3.63, 3.8) is 0 Å². The van der Waals surface area contributed by atoms with Crippen molar-refractivity contribution < 1.29 is 23.9 Å². The van der Waals surface area contributed by atoms with Crippen LogP contribution in [0, 0.1) is 5.92 Å². The second-order valence-corrected chi connectivity index (χ2v) is 9.31. The monoisotopic (exact) mass is 462 g/mol. The molecule has 0 bridgehead atoms. The summed E-state index contributed by atoms with van der Waals surface area (Å²) in [6.07, 6.45) is 5.64. The van der Waals surface area contributed by atoms with E-state index in [1.807, 2.05) is 0 Å². The number of piperidine rings is 1. The van der Waals surface area contributed by atoms with Gasteiger partial charge in [-0.3, -0.25) is 19.3 Å². The lowest BCUT2D eigenvalue weighted by molar-refractivity contribution is -0.151. The molecule has 2 aliphatic heterocycles. The molecule has 0 aromatic heterocycles. The molecule has 2 heterocycles. The minimum Gasteiger partial charge on any atom is -0.466 e. The maximum absolute atomic E-state index is 13.6. The Hall–Kier alpha value is -2.12. The van der Waals surface area contributed by atoms with E-state index in [2.05, 4.69) is 0 Å². The largest absolute Gasteiger partial charge is 0.466 e. The second kappa shape index (κ2) is 9.79. The average molecular weight is 463 g/mol. The van der Waals surface area contributed by atoms with Crippen LogP contribution in [0.1, 0.15) is 62.2 Å². The third-order valence-corrected chi connectivity index (χ3v) is 7.13. The maximum Gasteiger partial charge on any atom is 0.309 e. The Morgan fingerprint density at radius 3 is 2.53 bits per heavy atom. The third-order valence-electron chi connectivity index (χ3n) is 6.90. The average Bonchev–Trinajstić information content (AvgIpc) is 3.17. The summed E-state index contributed by atoms with van der Waals surface area (Å²) in [6.45, 7) is 3.31. The number of hydrogen-bond donors (Lipinski definition) is 0. The van der Waals surface area contributed by atoms with Crippen molar-refractivity contribution in [3.8, 4) is 0 Å². The first-order valence-electron chi connectivity index (χ1n) is 11.6. The molecule has 0 N–H and O–H groups in total. The topological polar surface area (TPSA) is 76.2 Å². The van der Waals surface area contributed by atoms with Gasteiger partial charge in [-0.2, -0.15) is 0 Å². The Bertz CT molecular complexity index is 862. The minimum atomic E-state index is -0.735. The van der Waals surface area contributed by atoms with Gasteiger partial charge >= 0.3 is 5.97 Å². The fourth-order valence-electron chi connectivity index (χ4n) is 5.23. The van der Waals surface area contributed by atoms with Crippen molar-refractivity contribution in [2.24, 2.45) is 5.92 Å². The number of nitrogens with zero attached hydrogens (tertiary/aromatic N) is 2. The highest BCUT2D eigenvalue weighted by atomic mass is 35.5. The number of carbonyl (C=O) groups excluding carboxylic acids is 3. The summed E-state index contributed by atoms with van der Waals surface area (Å²) in [5.41, 5.74) is -0.270. The fourth-order valence-corrected chi connectivity index (χ4v) is 5.42. The van der Waals surface area contributed by atoms with E-state index in [0.717, 1.165) is 32.1 Å². The molecular formula is C24H31ClN2O5. The molecular weight excluding hydrogens is 432 g/mol. The zero-order chi connectivity index (χ0) is 22.7. The predicted molar refractivity (Wildman–Crippen MR) is 119 cm³/mol. The van der Waals surface area contributed by atoms with Crippen LogP contribution >= 0.6 is 11.6 Å². The molecule has 7 nitrogen and oxygen atoms in total. The number of esters is 1. The highest BCUT2D eigenvalue weighted by Gasteiger charge is 2.53. The molecule has 1 saturated carbocycles. The van der Waals surface area contributed by atoms with Crippen LogP contribution in [0.25, 0.3) is 0 Å². The number of amides is 2. The molecule has 1 spiro atoms. The van der Waals surface area contributed by atoms with Gasteiger partial charge in [0.2, 0.25) is 5.91 Å². The summed E-state index contributed by atoms with van der Waals surface area (Å²) in [5, 5.41) is 0.484. The summed E-state index contributed by atoms with van der Waals surface area (Å²) < 4.78 is 11.4. The lowest BCUT2D eigenvalue weighted by Gasteiger charge is -2.42. The van der Waals surface area contributed by atoms with E-state index in [9.17, 15) is 14.4 Å². The highest BCUT2D eigenvalue weighted by molar-refractivity contribution is 6.31. The number of hydrogen-bond acceptors (Lipinski definition) is 5.